The van der Waals surface area contributed by atoms with Crippen LogP contribution in [0.25, 0.3) is 0 Å². The van der Waals surface area contributed by atoms with E-state index in [4.69, 9.17) is 0 Å². The monoisotopic (exact) mass is 293 g/mol. The summed E-state index contributed by atoms with van der Waals surface area (Å²) in [6, 6.07) is -0.187. The van der Waals surface area contributed by atoms with Gasteiger partial charge in [0.2, 0.25) is 0 Å². The number of fused-ring (bicyclic) bond motifs is 1. The first-order valence-corrected chi connectivity index (χ1v) is 8.79. The van der Waals surface area contributed by atoms with E-state index in [-0.39, 0.29) is 12.0 Å². The summed E-state index contributed by atoms with van der Waals surface area (Å²) in [5.74, 6) is 0.565. The van der Waals surface area contributed by atoms with Crippen molar-refractivity contribution in [3.05, 3.63) is 0 Å². The third-order valence-corrected chi connectivity index (χ3v) is 6.22. The van der Waals surface area contributed by atoms with Gasteiger partial charge in [0.1, 0.15) is 6.04 Å². The van der Waals surface area contributed by atoms with Gasteiger partial charge in [-0.2, -0.15) is 0 Å². The summed E-state index contributed by atoms with van der Waals surface area (Å²) < 4.78 is 0. The van der Waals surface area contributed by atoms with Crippen LogP contribution in [0.4, 0.5) is 0 Å². The molecule has 0 radical (unpaired) electrons. The molecule has 1 heterocycles. The van der Waals surface area contributed by atoms with E-state index >= 15 is 0 Å². The third-order valence-electron chi connectivity index (χ3n) is 6.22. The van der Waals surface area contributed by atoms with E-state index in [1.54, 1.807) is 6.82 Å². The topological polar surface area (TPSA) is 60.8 Å². The largest absolute Gasteiger partial charge is 0.480 e. The van der Waals surface area contributed by atoms with Crippen LogP contribution >= 0.6 is 0 Å². The molecule has 0 aromatic carbocycles. The molecule has 0 aromatic rings. The van der Waals surface area contributed by atoms with Gasteiger partial charge in [-0.3, -0.25) is 4.79 Å². The second-order valence-electron chi connectivity index (χ2n) is 7.35. The van der Waals surface area contributed by atoms with Crippen molar-refractivity contribution in [2.45, 2.75) is 76.7 Å². The Balaban J connectivity index is 1.91. The van der Waals surface area contributed by atoms with E-state index < -0.39 is 19.1 Å². The highest BCUT2D eigenvalue weighted by atomic mass is 16.4. The lowest BCUT2D eigenvalue weighted by Gasteiger charge is -2.35. The number of rotatable bonds is 3. The Hall–Kier alpha value is -0.545. The fourth-order valence-corrected chi connectivity index (χ4v) is 5.53. The molecule has 1 aliphatic heterocycles. The Morgan fingerprint density at radius 1 is 1.05 bits per heavy atom. The van der Waals surface area contributed by atoms with Crippen LogP contribution in [-0.2, 0) is 4.79 Å². The van der Waals surface area contributed by atoms with Crippen LogP contribution in [0.1, 0.15) is 57.8 Å². The molecule has 4 nitrogen and oxygen atoms in total. The molecule has 2 saturated carbocycles. The maximum atomic E-state index is 12.0. The molecule has 118 valence electrons. The first-order chi connectivity index (χ1) is 10.1. The van der Waals surface area contributed by atoms with Crippen molar-refractivity contribution < 1.29 is 14.9 Å². The smallest absolute Gasteiger partial charge is 0.377 e. The zero-order chi connectivity index (χ0) is 15.0. The number of aliphatic carboxylic acids is 1. The fraction of sp³-hybridized carbons (Fsp3) is 0.938. The van der Waals surface area contributed by atoms with Crippen LogP contribution in [0.3, 0.4) is 0 Å². The molecule has 3 rings (SSSR count). The maximum absolute atomic E-state index is 12.0. The Labute approximate surface area is 128 Å². The Bertz CT molecular complexity index is 384. The maximum Gasteiger partial charge on any atom is 0.377 e. The Kier molecular flexibility index (Phi) is 4.60. The van der Waals surface area contributed by atoms with E-state index in [0.29, 0.717) is 11.8 Å². The molecule has 0 spiro atoms. The molecular formula is C16H28BNO3. The van der Waals surface area contributed by atoms with E-state index in [9.17, 15) is 14.9 Å². The summed E-state index contributed by atoms with van der Waals surface area (Å²) in [7, 11) is -0.648. The van der Waals surface area contributed by atoms with Crippen LogP contribution < -0.4 is 0 Å². The zero-order valence-corrected chi connectivity index (χ0v) is 13.1. The van der Waals surface area contributed by atoms with E-state index in [1.165, 1.54) is 44.9 Å². The van der Waals surface area contributed by atoms with Gasteiger partial charge < -0.3 is 14.9 Å². The van der Waals surface area contributed by atoms with Gasteiger partial charge in [0, 0.05) is 6.04 Å². The van der Waals surface area contributed by atoms with E-state index in [1.807, 2.05) is 4.81 Å². The minimum Gasteiger partial charge on any atom is -0.480 e. The predicted molar refractivity (Wildman–Crippen MR) is 82.9 cm³/mol. The van der Waals surface area contributed by atoms with Gasteiger partial charge in [0.25, 0.3) is 0 Å². The number of nitrogens with zero attached hydrogens (tertiary/aromatic N) is 1. The quantitative estimate of drug-likeness (QED) is 0.785. The van der Waals surface area contributed by atoms with Gasteiger partial charge in [-0.25, -0.2) is 0 Å². The van der Waals surface area contributed by atoms with Crippen molar-refractivity contribution in [2.24, 2.45) is 17.8 Å². The normalized spacial score (nSPS) is 38.2. The summed E-state index contributed by atoms with van der Waals surface area (Å²) >= 11 is 0. The molecule has 1 saturated heterocycles. The fourth-order valence-electron chi connectivity index (χ4n) is 5.53. The molecular weight excluding hydrogens is 265 g/mol. The summed E-state index contributed by atoms with van der Waals surface area (Å²) in [6.07, 6.45) is 10.8. The molecule has 0 bridgehead atoms. The SMILES string of the molecule is CB(O)N1C2CCCCC2[C@H](C2CCCCC2)[C@H]1C(=O)O. The van der Waals surface area contributed by atoms with Crippen LogP contribution in [0, 0.1) is 17.8 Å². The van der Waals surface area contributed by atoms with Crippen LogP contribution in [0.5, 0.6) is 0 Å². The summed E-state index contributed by atoms with van der Waals surface area (Å²) in [5.41, 5.74) is 0. The highest BCUT2D eigenvalue weighted by molar-refractivity contribution is 6.46. The highest BCUT2D eigenvalue weighted by Gasteiger charge is 2.56. The van der Waals surface area contributed by atoms with Crippen molar-refractivity contribution in [2.75, 3.05) is 0 Å². The zero-order valence-electron chi connectivity index (χ0n) is 13.1. The van der Waals surface area contributed by atoms with Crippen molar-refractivity contribution in [3.8, 4) is 0 Å². The molecule has 2 N–H and O–H groups in total. The lowest BCUT2D eigenvalue weighted by Crippen LogP contribution is -2.51. The average molecular weight is 293 g/mol. The van der Waals surface area contributed by atoms with Crippen LogP contribution in [-0.4, -0.2) is 40.0 Å². The molecule has 3 fully saturated rings. The number of carboxylic acid groups (broad SMARTS) is 1. The van der Waals surface area contributed by atoms with Crippen molar-refractivity contribution >= 4 is 13.0 Å². The van der Waals surface area contributed by atoms with E-state index in [2.05, 4.69) is 0 Å². The molecule has 4 atom stereocenters. The molecule has 21 heavy (non-hydrogen) atoms. The van der Waals surface area contributed by atoms with Gasteiger partial charge in [-0.1, -0.05) is 44.9 Å². The van der Waals surface area contributed by atoms with Crippen molar-refractivity contribution in [3.63, 3.8) is 0 Å². The number of hydrogen-bond donors (Lipinski definition) is 2. The molecule has 0 aromatic heterocycles. The highest BCUT2D eigenvalue weighted by Crippen LogP contribution is 2.50. The van der Waals surface area contributed by atoms with Gasteiger partial charge in [-0.05, 0) is 37.4 Å². The molecule has 0 amide bonds. The Morgan fingerprint density at radius 2 is 1.67 bits per heavy atom. The van der Waals surface area contributed by atoms with E-state index in [0.717, 1.165) is 12.8 Å². The molecule has 2 unspecified atom stereocenters. The number of carboxylic acids is 1. The number of carbonyl (C=O) groups is 1. The van der Waals surface area contributed by atoms with Crippen molar-refractivity contribution in [1.29, 1.82) is 0 Å². The summed E-state index contributed by atoms with van der Waals surface area (Å²) in [5, 5.41) is 20.0. The van der Waals surface area contributed by atoms with Gasteiger partial charge in [-0.15, -0.1) is 0 Å². The lowest BCUT2D eigenvalue weighted by molar-refractivity contribution is -0.143. The third kappa shape index (κ3) is 2.75. The molecule has 5 heteroatoms. The van der Waals surface area contributed by atoms with Gasteiger partial charge in [0.05, 0.1) is 0 Å². The first kappa shape index (κ1) is 15.4. The minimum absolute atomic E-state index is 0.252. The minimum atomic E-state index is -0.721. The standard InChI is InChI=1S/C16H28BNO3/c1-17(21)18-13-10-6-5-9-12(13)14(15(18)16(19)20)11-7-3-2-4-8-11/h11-15,21H,2-10H2,1H3,(H,19,20)/t12?,13?,14-,15-/m0/s1. The van der Waals surface area contributed by atoms with Crippen LogP contribution in [0.2, 0.25) is 6.82 Å². The molecule has 2 aliphatic carbocycles. The Morgan fingerprint density at radius 3 is 2.29 bits per heavy atom. The summed E-state index contributed by atoms with van der Waals surface area (Å²) in [6.45, 7) is 1.74. The molecule has 3 aliphatic rings. The summed E-state index contributed by atoms with van der Waals surface area (Å²) in [4.78, 5) is 13.9. The second-order valence-corrected chi connectivity index (χ2v) is 7.35. The number of hydrogen-bond acceptors (Lipinski definition) is 3. The van der Waals surface area contributed by atoms with Gasteiger partial charge in [0.15, 0.2) is 0 Å². The second kappa shape index (κ2) is 6.29. The average Bonchev–Trinajstić information content (AvgIpc) is 2.83. The first-order valence-electron chi connectivity index (χ1n) is 8.79. The van der Waals surface area contributed by atoms with Gasteiger partial charge >= 0.3 is 13.0 Å². The lowest BCUT2D eigenvalue weighted by atomic mass is 9.68. The predicted octanol–water partition coefficient (Wildman–Crippen LogP) is 2.62. The van der Waals surface area contributed by atoms with Crippen molar-refractivity contribution in [1.82, 2.24) is 4.81 Å². The van der Waals surface area contributed by atoms with Crippen LogP contribution in [0.15, 0.2) is 0 Å².